The van der Waals surface area contributed by atoms with E-state index < -0.39 is 0 Å². The molecule has 0 aromatic carbocycles. The van der Waals surface area contributed by atoms with Crippen molar-refractivity contribution in [1.29, 1.82) is 5.26 Å². The summed E-state index contributed by atoms with van der Waals surface area (Å²) in [5.41, 5.74) is 0. The van der Waals surface area contributed by atoms with Gasteiger partial charge in [-0.1, -0.05) is 28.9 Å². The quantitative estimate of drug-likeness (QED) is 0.650. The fourth-order valence-corrected chi connectivity index (χ4v) is 2.29. The predicted octanol–water partition coefficient (Wildman–Crippen LogP) is 2.45. The molecule has 0 saturated carbocycles. The zero-order valence-electron chi connectivity index (χ0n) is 7.79. The van der Waals surface area contributed by atoms with Crippen molar-refractivity contribution in [2.24, 2.45) is 0 Å². The van der Waals surface area contributed by atoms with E-state index in [4.69, 9.17) is 23.3 Å². The Labute approximate surface area is 102 Å². The van der Waals surface area contributed by atoms with Gasteiger partial charge in [-0.2, -0.15) is 5.26 Å². The Morgan fingerprint density at radius 3 is 3.07 bits per heavy atom. The third kappa shape index (κ3) is 4.01. The van der Waals surface area contributed by atoms with E-state index in [9.17, 15) is 0 Å². The zero-order valence-corrected chi connectivity index (χ0v) is 10.2. The van der Waals surface area contributed by atoms with Crippen LogP contribution in [0.1, 0.15) is 4.88 Å². The minimum absolute atomic E-state index is 0.265. The fraction of sp³-hybridized carbons (Fsp3) is 0.333. The molecule has 0 fully saturated rings. The summed E-state index contributed by atoms with van der Waals surface area (Å²) in [4.78, 5) is 4.44. The highest BCUT2D eigenvalue weighted by Gasteiger charge is 2.07. The first-order valence-electron chi connectivity index (χ1n) is 4.09. The largest absolute Gasteiger partial charge is 0.361 e. The highest BCUT2D eigenvalue weighted by Crippen LogP contribution is 2.25. The molecular formula is C9H8ClN3S2. The summed E-state index contributed by atoms with van der Waals surface area (Å²) in [6.45, 7) is 0.765. The number of halogens is 1. The zero-order chi connectivity index (χ0) is 11.1. The van der Waals surface area contributed by atoms with Crippen LogP contribution in [0.3, 0.4) is 0 Å². The second kappa shape index (κ2) is 6.58. The van der Waals surface area contributed by atoms with Gasteiger partial charge in [0.1, 0.15) is 10.9 Å². The Morgan fingerprint density at radius 2 is 2.47 bits per heavy atom. The van der Waals surface area contributed by atoms with Crippen LogP contribution in [0, 0.1) is 23.7 Å². The number of hydrogen-bond acceptors (Lipinski definition) is 5. The Balaban J connectivity index is 2.33. The van der Waals surface area contributed by atoms with Gasteiger partial charge in [0.15, 0.2) is 10.3 Å². The average Bonchev–Trinajstić information content (AvgIpc) is 2.59. The predicted molar refractivity (Wildman–Crippen MR) is 66.5 cm³/mol. The third-order valence-corrected chi connectivity index (χ3v) is 3.56. The Hall–Kier alpha value is -0.880. The number of nitrogens with one attached hydrogen (secondary N) is 1. The van der Waals surface area contributed by atoms with E-state index in [0.29, 0.717) is 15.8 Å². The van der Waals surface area contributed by atoms with E-state index in [1.54, 1.807) is 11.8 Å². The molecule has 3 nitrogen and oxygen atoms in total. The molecule has 0 unspecified atom stereocenters. The highest BCUT2D eigenvalue weighted by atomic mass is 35.5. The van der Waals surface area contributed by atoms with E-state index >= 15 is 0 Å². The van der Waals surface area contributed by atoms with Gasteiger partial charge in [-0.05, 0) is 0 Å². The topological polar surface area (TPSA) is 48.7 Å². The summed E-state index contributed by atoms with van der Waals surface area (Å²) in [5, 5.41) is 12.7. The molecule has 15 heavy (non-hydrogen) atoms. The molecule has 0 aliphatic heterocycles. The molecule has 0 bridgehead atoms. The molecule has 0 amide bonds. The second-order valence-corrected chi connectivity index (χ2v) is 4.90. The number of terminal acetylenes is 1. The van der Waals surface area contributed by atoms with Gasteiger partial charge in [0.2, 0.25) is 0 Å². The number of thiazole rings is 1. The van der Waals surface area contributed by atoms with Crippen molar-refractivity contribution in [3.8, 4) is 18.4 Å². The first-order chi connectivity index (χ1) is 7.27. The maximum atomic E-state index is 8.66. The first-order valence-corrected chi connectivity index (χ1v) is 6.44. The molecule has 1 heterocycles. The summed E-state index contributed by atoms with van der Waals surface area (Å²) in [6, 6.07) is 1.98. The van der Waals surface area contributed by atoms with E-state index in [1.807, 2.05) is 6.07 Å². The van der Waals surface area contributed by atoms with Crippen LogP contribution in [-0.2, 0) is 0 Å². The van der Waals surface area contributed by atoms with Crippen LogP contribution in [0.2, 0.25) is 5.15 Å². The molecule has 0 radical (unpaired) electrons. The van der Waals surface area contributed by atoms with Crippen molar-refractivity contribution in [3.63, 3.8) is 0 Å². The average molecular weight is 258 g/mol. The number of rotatable bonds is 5. The van der Waals surface area contributed by atoms with Gasteiger partial charge in [-0.15, -0.1) is 18.2 Å². The number of aromatic nitrogens is 1. The lowest BCUT2D eigenvalue weighted by Crippen LogP contribution is -2.03. The van der Waals surface area contributed by atoms with Gasteiger partial charge in [0.25, 0.3) is 0 Å². The van der Waals surface area contributed by atoms with E-state index in [1.165, 1.54) is 11.3 Å². The summed E-state index contributed by atoms with van der Waals surface area (Å²) < 4.78 is 0. The molecule has 0 saturated heterocycles. The molecule has 6 heteroatoms. The monoisotopic (exact) mass is 257 g/mol. The van der Waals surface area contributed by atoms with Crippen LogP contribution >= 0.6 is 34.7 Å². The van der Waals surface area contributed by atoms with Gasteiger partial charge in [0.05, 0.1) is 5.75 Å². The standard InChI is InChI=1S/C9H8ClN3S2/c1-2-4-14-5-3-12-9-13-8(10)7(6-11)15-9/h1H,3-5H2,(H,12,13). The normalized spacial score (nSPS) is 9.27. The molecule has 1 N–H and O–H groups in total. The van der Waals surface area contributed by atoms with Crippen LogP contribution in [0.15, 0.2) is 0 Å². The third-order valence-electron chi connectivity index (χ3n) is 1.40. The molecule has 1 aromatic heterocycles. The van der Waals surface area contributed by atoms with Crippen molar-refractivity contribution >= 4 is 39.8 Å². The summed E-state index contributed by atoms with van der Waals surface area (Å²) in [5.74, 6) is 4.16. The molecular weight excluding hydrogens is 250 g/mol. The lowest BCUT2D eigenvalue weighted by molar-refractivity contribution is 1.20. The summed E-state index contributed by atoms with van der Waals surface area (Å²) in [7, 11) is 0. The van der Waals surface area contributed by atoms with Gasteiger partial charge >= 0.3 is 0 Å². The Morgan fingerprint density at radius 1 is 1.67 bits per heavy atom. The molecule has 0 aliphatic carbocycles. The van der Waals surface area contributed by atoms with Crippen LogP contribution < -0.4 is 5.32 Å². The van der Waals surface area contributed by atoms with Gasteiger partial charge in [0, 0.05) is 12.3 Å². The minimum atomic E-state index is 0.265. The lowest BCUT2D eigenvalue weighted by Gasteiger charge is -1.99. The molecule has 78 valence electrons. The van der Waals surface area contributed by atoms with Gasteiger partial charge in [-0.3, -0.25) is 0 Å². The smallest absolute Gasteiger partial charge is 0.185 e. The highest BCUT2D eigenvalue weighted by molar-refractivity contribution is 7.99. The van der Waals surface area contributed by atoms with Crippen molar-refractivity contribution in [3.05, 3.63) is 10.0 Å². The Bertz CT molecular complexity index is 402. The van der Waals surface area contributed by atoms with Crippen LogP contribution in [0.4, 0.5) is 5.13 Å². The number of nitriles is 1. The van der Waals surface area contributed by atoms with Crippen LogP contribution in [-0.4, -0.2) is 23.0 Å². The molecule has 1 aromatic rings. The summed E-state index contributed by atoms with van der Waals surface area (Å²) >= 11 is 8.64. The first kappa shape index (κ1) is 12.2. The summed E-state index contributed by atoms with van der Waals surface area (Å²) in [6.07, 6.45) is 5.11. The van der Waals surface area contributed by atoms with Crippen molar-refractivity contribution in [2.75, 3.05) is 23.4 Å². The molecule has 0 atom stereocenters. The number of nitrogens with zero attached hydrogens (tertiary/aromatic N) is 2. The minimum Gasteiger partial charge on any atom is -0.361 e. The van der Waals surface area contributed by atoms with Crippen LogP contribution in [0.5, 0.6) is 0 Å². The van der Waals surface area contributed by atoms with E-state index in [-0.39, 0.29) is 5.15 Å². The van der Waals surface area contributed by atoms with Gasteiger partial charge in [-0.25, -0.2) is 4.98 Å². The maximum Gasteiger partial charge on any atom is 0.185 e. The number of thioether (sulfide) groups is 1. The van der Waals surface area contributed by atoms with E-state index in [0.717, 1.165) is 12.3 Å². The van der Waals surface area contributed by atoms with Crippen molar-refractivity contribution < 1.29 is 0 Å². The second-order valence-electron chi connectivity index (χ2n) is 2.43. The lowest BCUT2D eigenvalue weighted by atomic mass is 10.6. The van der Waals surface area contributed by atoms with E-state index in [2.05, 4.69) is 16.2 Å². The Kier molecular flexibility index (Phi) is 5.34. The van der Waals surface area contributed by atoms with Crippen molar-refractivity contribution in [2.45, 2.75) is 0 Å². The fourth-order valence-electron chi connectivity index (χ4n) is 0.807. The number of hydrogen-bond donors (Lipinski definition) is 1. The van der Waals surface area contributed by atoms with Crippen LogP contribution in [0.25, 0.3) is 0 Å². The van der Waals surface area contributed by atoms with Gasteiger partial charge < -0.3 is 5.32 Å². The molecule has 0 aliphatic rings. The molecule has 1 rings (SSSR count). The van der Waals surface area contributed by atoms with Crippen molar-refractivity contribution in [1.82, 2.24) is 4.98 Å². The molecule has 0 spiro atoms. The number of anilines is 1. The maximum absolute atomic E-state index is 8.66. The SMILES string of the molecule is C#CCSCCNc1nc(Cl)c(C#N)s1.